The Morgan fingerprint density at radius 2 is 2.44 bits per heavy atom. The maximum atomic E-state index is 8.86. The summed E-state index contributed by atoms with van der Waals surface area (Å²) in [6.07, 6.45) is 2.62. The fourth-order valence-electron chi connectivity index (χ4n) is 1.73. The first kappa shape index (κ1) is 11.3. The SMILES string of the molecule is N#Cc1cccc(SCC2CCCO2)c1N. The van der Waals surface area contributed by atoms with Crippen LogP contribution in [0.3, 0.4) is 0 Å². The molecule has 0 spiro atoms. The highest BCUT2D eigenvalue weighted by Gasteiger charge is 2.16. The van der Waals surface area contributed by atoms with Gasteiger partial charge in [-0.2, -0.15) is 5.26 Å². The molecule has 4 heteroatoms. The summed E-state index contributed by atoms with van der Waals surface area (Å²) in [5.74, 6) is 0.916. The zero-order valence-corrected chi connectivity index (χ0v) is 9.80. The van der Waals surface area contributed by atoms with Crippen LogP contribution in [0.15, 0.2) is 23.1 Å². The van der Waals surface area contributed by atoms with Crippen molar-refractivity contribution >= 4 is 17.4 Å². The Morgan fingerprint density at radius 3 is 3.12 bits per heavy atom. The normalized spacial score (nSPS) is 19.6. The van der Waals surface area contributed by atoms with Crippen LogP contribution in [-0.4, -0.2) is 18.5 Å². The van der Waals surface area contributed by atoms with Crippen molar-refractivity contribution in [3.05, 3.63) is 23.8 Å². The summed E-state index contributed by atoms with van der Waals surface area (Å²) in [5, 5.41) is 8.86. The number of nitriles is 1. The van der Waals surface area contributed by atoms with E-state index in [0.717, 1.165) is 30.1 Å². The van der Waals surface area contributed by atoms with Crippen LogP contribution in [0.5, 0.6) is 0 Å². The fourth-order valence-corrected chi connectivity index (χ4v) is 2.79. The first-order chi connectivity index (χ1) is 7.81. The number of benzene rings is 1. The molecule has 1 heterocycles. The molecule has 1 aliphatic rings. The van der Waals surface area contributed by atoms with Gasteiger partial charge in [0.1, 0.15) is 6.07 Å². The van der Waals surface area contributed by atoms with Crippen molar-refractivity contribution in [3.63, 3.8) is 0 Å². The number of nitrogen functional groups attached to an aromatic ring is 1. The largest absolute Gasteiger partial charge is 0.397 e. The van der Waals surface area contributed by atoms with Crippen molar-refractivity contribution in [2.75, 3.05) is 18.1 Å². The van der Waals surface area contributed by atoms with Crippen LogP contribution in [0.2, 0.25) is 0 Å². The van der Waals surface area contributed by atoms with E-state index in [4.69, 9.17) is 15.7 Å². The van der Waals surface area contributed by atoms with E-state index >= 15 is 0 Å². The molecular formula is C12H14N2OS. The van der Waals surface area contributed by atoms with Crippen molar-refractivity contribution in [1.29, 1.82) is 5.26 Å². The summed E-state index contributed by atoms with van der Waals surface area (Å²) in [7, 11) is 0. The molecule has 0 aromatic heterocycles. The summed E-state index contributed by atoms with van der Waals surface area (Å²) in [6.45, 7) is 0.874. The molecule has 1 saturated heterocycles. The van der Waals surface area contributed by atoms with E-state index < -0.39 is 0 Å². The quantitative estimate of drug-likeness (QED) is 0.644. The maximum Gasteiger partial charge on any atom is 0.101 e. The lowest BCUT2D eigenvalue weighted by atomic mass is 10.2. The van der Waals surface area contributed by atoms with E-state index in [1.54, 1.807) is 17.8 Å². The summed E-state index contributed by atoms with van der Waals surface area (Å²) < 4.78 is 5.54. The number of nitrogens with zero attached hydrogens (tertiary/aromatic N) is 1. The molecular weight excluding hydrogens is 220 g/mol. The molecule has 1 fully saturated rings. The molecule has 0 bridgehead atoms. The second kappa shape index (κ2) is 5.24. The van der Waals surface area contributed by atoms with Gasteiger partial charge in [-0.05, 0) is 25.0 Å². The van der Waals surface area contributed by atoms with Gasteiger partial charge in [0.05, 0.1) is 17.4 Å². The standard InChI is InChI=1S/C12H14N2OS/c13-7-9-3-1-5-11(12(9)14)16-8-10-4-2-6-15-10/h1,3,5,10H,2,4,6,8,14H2. The van der Waals surface area contributed by atoms with Gasteiger partial charge in [0, 0.05) is 17.3 Å². The minimum absolute atomic E-state index is 0.343. The molecule has 2 rings (SSSR count). The molecule has 0 amide bonds. The van der Waals surface area contributed by atoms with Gasteiger partial charge in [-0.25, -0.2) is 0 Å². The Morgan fingerprint density at radius 1 is 1.56 bits per heavy atom. The predicted octanol–water partition coefficient (Wildman–Crippen LogP) is 2.41. The third kappa shape index (κ3) is 2.49. The summed E-state index contributed by atoms with van der Waals surface area (Å²) in [4.78, 5) is 0.981. The monoisotopic (exact) mass is 234 g/mol. The van der Waals surface area contributed by atoms with Crippen molar-refractivity contribution in [3.8, 4) is 6.07 Å². The minimum atomic E-state index is 0.343. The second-order valence-electron chi connectivity index (χ2n) is 3.78. The number of thioether (sulfide) groups is 1. The third-order valence-corrected chi connectivity index (χ3v) is 3.84. The number of hydrogen-bond acceptors (Lipinski definition) is 4. The average molecular weight is 234 g/mol. The molecule has 2 N–H and O–H groups in total. The van der Waals surface area contributed by atoms with E-state index in [9.17, 15) is 0 Å². The van der Waals surface area contributed by atoms with Crippen LogP contribution in [0, 0.1) is 11.3 Å². The average Bonchev–Trinajstić information content (AvgIpc) is 2.81. The lowest BCUT2D eigenvalue weighted by Crippen LogP contribution is -2.08. The Bertz CT molecular complexity index is 408. The maximum absolute atomic E-state index is 8.86. The molecule has 0 radical (unpaired) electrons. The Labute approximate surface area is 99.6 Å². The van der Waals surface area contributed by atoms with Gasteiger partial charge in [0.2, 0.25) is 0 Å². The molecule has 84 valence electrons. The van der Waals surface area contributed by atoms with Gasteiger partial charge < -0.3 is 10.5 Å². The number of hydrogen-bond donors (Lipinski definition) is 1. The molecule has 16 heavy (non-hydrogen) atoms. The zero-order valence-electron chi connectivity index (χ0n) is 8.98. The predicted molar refractivity (Wildman–Crippen MR) is 65.3 cm³/mol. The van der Waals surface area contributed by atoms with Gasteiger partial charge in [-0.1, -0.05) is 6.07 Å². The van der Waals surface area contributed by atoms with Crippen LogP contribution in [0.1, 0.15) is 18.4 Å². The highest BCUT2D eigenvalue weighted by molar-refractivity contribution is 7.99. The van der Waals surface area contributed by atoms with E-state index in [1.165, 1.54) is 0 Å². The number of nitrogens with two attached hydrogens (primary N) is 1. The van der Waals surface area contributed by atoms with Gasteiger partial charge in [0.25, 0.3) is 0 Å². The zero-order chi connectivity index (χ0) is 11.4. The van der Waals surface area contributed by atoms with Gasteiger partial charge >= 0.3 is 0 Å². The Balaban J connectivity index is 2.01. The molecule has 0 saturated carbocycles. The molecule has 3 nitrogen and oxygen atoms in total. The van der Waals surface area contributed by atoms with E-state index in [1.807, 2.05) is 12.1 Å². The van der Waals surface area contributed by atoms with Crippen LogP contribution in [-0.2, 0) is 4.74 Å². The van der Waals surface area contributed by atoms with Crippen LogP contribution in [0.4, 0.5) is 5.69 Å². The summed E-state index contributed by atoms with van der Waals surface area (Å²) in [6, 6.07) is 7.66. The number of ether oxygens (including phenoxy) is 1. The molecule has 1 atom stereocenters. The molecule has 1 unspecified atom stereocenters. The van der Waals surface area contributed by atoms with Crippen molar-refractivity contribution in [1.82, 2.24) is 0 Å². The third-order valence-electron chi connectivity index (χ3n) is 2.64. The molecule has 0 aliphatic carbocycles. The smallest absolute Gasteiger partial charge is 0.101 e. The van der Waals surface area contributed by atoms with Gasteiger partial charge in [-0.3, -0.25) is 0 Å². The fraction of sp³-hybridized carbons (Fsp3) is 0.417. The van der Waals surface area contributed by atoms with Crippen molar-refractivity contribution < 1.29 is 4.74 Å². The summed E-state index contributed by atoms with van der Waals surface area (Å²) in [5.41, 5.74) is 7.04. The van der Waals surface area contributed by atoms with E-state index in [2.05, 4.69) is 6.07 Å². The molecule has 1 aromatic carbocycles. The van der Waals surface area contributed by atoms with Crippen LogP contribution in [0.25, 0.3) is 0 Å². The number of para-hydroxylation sites is 1. The van der Waals surface area contributed by atoms with E-state index in [0.29, 0.717) is 17.4 Å². The highest BCUT2D eigenvalue weighted by atomic mass is 32.2. The number of anilines is 1. The lowest BCUT2D eigenvalue weighted by molar-refractivity contribution is 0.129. The van der Waals surface area contributed by atoms with Crippen LogP contribution < -0.4 is 5.73 Å². The minimum Gasteiger partial charge on any atom is -0.397 e. The van der Waals surface area contributed by atoms with Crippen LogP contribution >= 0.6 is 11.8 Å². The van der Waals surface area contributed by atoms with Gasteiger partial charge in [0.15, 0.2) is 0 Å². The first-order valence-corrected chi connectivity index (χ1v) is 6.33. The van der Waals surface area contributed by atoms with E-state index in [-0.39, 0.29) is 0 Å². The summed E-state index contributed by atoms with van der Waals surface area (Å²) >= 11 is 1.67. The topological polar surface area (TPSA) is 59.0 Å². The lowest BCUT2D eigenvalue weighted by Gasteiger charge is -2.10. The Hall–Kier alpha value is -1.18. The molecule has 1 aromatic rings. The second-order valence-corrected chi connectivity index (χ2v) is 4.84. The van der Waals surface area contributed by atoms with Gasteiger partial charge in [-0.15, -0.1) is 11.8 Å². The highest BCUT2D eigenvalue weighted by Crippen LogP contribution is 2.29. The number of rotatable bonds is 3. The van der Waals surface area contributed by atoms with Crippen molar-refractivity contribution in [2.24, 2.45) is 0 Å². The Kier molecular flexibility index (Phi) is 3.70. The van der Waals surface area contributed by atoms with Crippen molar-refractivity contribution in [2.45, 2.75) is 23.8 Å². The molecule has 1 aliphatic heterocycles. The first-order valence-electron chi connectivity index (χ1n) is 5.34.